The predicted molar refractivity (Wildman–Crippen MR) is 86.6 cm³/mol. The molecule has 1 saturated carbocycles. The van der Waals surface area contributed by atoms with Crippen molar-refractivity contribution in [2.45, 2.75) is 58.0 Å². The molecule has 106 valence electrons. The summed E-state index contributed by atoms with van der Waals surface area (Å²) in [6.07, 6.45) is 8.27. The summed E-state index contributed by atoms with van der Waals surface area (Å²) in [6.45, 7) is 3.23. The van der Waals surface area contributed by atoms with E-state index in [0.29, 0.717) is 6.04 Å². The quantitative estimate of drug-likeness (QED) is 0.738. The number of nitrogens with one attached hydrogen (secondary N) is 1. The van der Waals surface area contributed by atoms with Crippen LogP contribution in [0.15, 0.2) is 22.7 Å². The fourth-order valence-corrected chi connectivity index (χ4v) is 3.62. The molecule has 0 radical (unpaired) electrons. The minimum atomic E-state index is 0.662. The molecule has 2 rings (SSSR count). The molecule has 0 aliphatic heterocycles. The second-order valence-corrected chi connectivity index (χ2v) is 6.80. The van der Waals surface area contributed by atoms with Crippen LogP contribution in [0.4, 0.5) is 0 Å². The van der Waals surface area contributed by atoms with Gasteiger partial charge in [-0.25, -0.2) is 0 Å². The van der Waals surface area contributed by atoms with Crippen molar-refractivity contribution in [3.8, 4) is 0 Å². The van der Waals surface area contributed by atoms with Gasteiger partial charge in [-0.2, -0.15) is 0 Å². The van der Waals surface area contributed by atoms with Crippen LogP contribution in [0.25, 0.3) is 0 Å². The Balaban J connectivity index is 1.89. The molecule has 0 spiro atoms. The summed E-state index contributed by atoms with van der Waals surface area (Å²) in [5.41, 5.74) is 1.30. The molecule has 0 saturated heterocycles. The first-order chi connectivity index (χ1) is 9.20. The molecule has 1 unspecified atom stereocenters. The highest BCUT2D eigenvalue weighted by atomic mass is 79.9. The summed E-state index contributed by atoms with van der Waals surface area (Å²) in [4.78, 5) is 0. The SMILES string of the molecule is CCC(NCc1ccc(Cl)c(Br)c1)C1CCCCC1. The largest absolute Gasteiger partial charge is 0.310 e. The molecule has 1 atom stereocenters. The Labute approximate surface area is 130 Å². The molecule has 1 aromatic carbocycles. The van der Waals surface area contributed by atoms with E-state index in [1.807, 2.05) is 6.07 Å². The Hall–Kier alpha value is -0.0500. The first-order valence-electron chi connectivity index (χ1n) is 7.38. The molecule has 0 amide bonds. The van der Waals surface area contributed by atoms with Gasteiger partial charge in [-0.1, -0.05) is 43.9 Å². The number of benzene rings is 1. The molecule has 1 aliphatic rings. The van der Waals surface area contributed by atoms with E-state index >= 15 is 0 Å². The molecular weight excluding hydrogens is 322 g/mol. The minimum absolute atomic E-state index is 0.662. The smallest absolute Gasteiger partial charge is 0.0548 e. The molecule has 1 fully saturated rings. The van der Waals surface area contributed by atoms with Gasteiger partial charge in [0, 0.05) is 17.1 Å². The molecule has 19 heavy (non-hydrogen) atoms. The third-order valence-electron chi connectivity index (χ3n) is 4.21. The zero-order chi connectivity index (χ0) is 13.7. The van der Waals surface area contributed by atoms with Crippen LogP contribution in [0.2, 0.25) is 5.02 Å². The minimum Gasteiger partial charge on any atom is -0.310 e. The Bertz CT molecular complexity index is 402. The maximum absolute atomic E-state index is 6.03. The number of hydrogen-bond acceptors (Lipinski definition) is 1. The Morgan fingerprint density at radius 1 is 1.32 bits per heavy atom. The molecule has 1 aromatic rings. The molecule has 1 nitrogen and oxygen atoms in total. The van der Waals surface area contributed by atoms with Crippen molar-refractivity contribution in [3.05, 3.63) is 33.3 Å². The average Bonchev–Trinajstić information content (AvgIpc) is 2.44. The Morgan fingerprint density at radius 2 is 2.05 bits per heavy atom. The van der Waals surface area contributed by atoms with Gasteiger partial charge in [0.25, 0.3) is 0 Å². The van der Waals surface area contributed by atoms with Crippen LogP contribution in [-0.2, 0) is 6.54 Å². The standard InChI is InChI=1S/C16H23BrClN/c1-2-16(13-6-4-3-5-7-13)19-11-12-8-9-15(18)14(17)10-12/h8-10,13,16,19H,2-7,11H2,1H3. The third-order valence-corrected chi connectivity index (χ3v) is 5.43. The maximum Gasteiger partial charge on any atom is 0.0548 e. The Kier molecular flexibility index (Phi) is 6.18. The monoisotopic (exact) mass is 343 g/mol. The fourth-order valence-electron chi connectivity index (χ4n) is 3.08. The van der Waals surface area contributed by atoms with Crippen molar-refractivity contribution in [1.29, 1.82) is 0 Å². The van der Waals surface area contributed by atoms with Gasteiger partial charge in [0.1, 0.15) is 0 Å². The predicted octanol–water partition coefficient (Wildman–Crippen LogP) is 5.55. The molecule has 0 heterocycles. The van der Waals surface area contributed by atoms with Crippen LogP contribution in [0.5, 0.6) is 0 Å². The second-order valence-electron chi connectivity index (χ2n) is 5.54. The van der Waals surface area contributed by atoms with Crippen molar-refractivity contribution >= 4 is 27.5 Å². The molecule has 1 aliphatic carbocycles. The maximum atomic E-state index is 6.03. The van der Waals surface area contributed by atoms with E-state index in [1.165, 1.54) is 44.1 Å². The van der Waals surface area contributed by atoms with Crippen molar-refractivity contribution in [1.82, 2.24) is 5.32 Å². The van der Waals surface area contributed by atoms with Gasteiger partial charge >= 0.3 is 0 Å². The van der Waals surface area contributed by atoms with Crippen molar-refractivity contribution < 1.29 is 0 Å². The third kappa shape index (κ3) is 4.47. The summed E-state index contributed by atoms with van der Waals surface area (Å²) < 4.78 is 0.985. The molecule has 1 N–H and O–H groups in total. The number of rotatable bonds is 5. The first kappa shape index (κ1) is 15.3. The molecule has 0 bridgehead atoms. The van der Waals surface area contributed by atoms with Gasteiger partial charge in [-0.05, 0) is 58.8 Å². The lowest BCUT2D eigenvalue weighted by molar-refractivity contribution is 0.262. The van der Waals surface area contributed by atoms with E-state index < -0.39 is 0 Å². The first-order valence-corrected chi connectivity index (χ1v) is 8.55. The fraction of sp³-hybridized carbons (Fsp3) is 0.625. The van der Waals surface area contributed by atoms with Gasteiger partial charge in [0.2, 0.25) is 0 Å². The number of halogens is 2. The van der Waals surface area contributed by atoms with E-state index in [9.17, 15) is 0 Å². The van der Waals surface area contributed by atoms with Crippen LogP contribution in [0.1, 0.15) is 51.0 Å². The van der Waals surface area contributed by atoms with Crippen LogP contribution in [0.3, 0.4) is 0 Å². The summed E-state index contributed by atoms with van der Waals surface area (Å²) in [5, 5.41) is 4.52. The average molecular weight is 345 g/mol. The summed E-state index contributed by atoms with van der Waals surface area (Å²) in [7, 11) is 0. The molecule has 3 heteroatoms. The van der Waals surface area contributed by atoms with Crippen LogP contribution < -0.4 is 5.32 Å². The van der Waals surface area contributed by atoms with Crippen LogP contribution in [0, 0.1) is 5.92 Å². The number of hydrogen-bond donors (Lipinski definition) is 1. The highest BCUT2D eigenvalue weighted by Crippen LogP contribution is 2.28. The zero-order valence-electron chi connectivity index (χ0n) is 11.6. The second kappa shape index (κ2) is 7.66. The van der Waals surface area contributed by atoms with Gasteiger partial charge in [0.15, 0.2) is 0 Å². The van der Waals surface area contributed by atoms with E-state index in [4.69, 9.17) is 11.6 Å². The van der Waals surface area contributed by atoms with E-state index in [-0.39, 0.29) is 0 Å². The molecule has 0 aromatic heterocycles. The summed E-state index contributed by atoms with van der Waals surface area (Å²) >= 11 is 9.51. The lowest BCUT2D eigenvalue weighted by Gasteiger charge is -2.30. The van der Waals surface area contributed by atoms with Gasteiger partial charge in [-0.3, -0.25) is 0 Å². The summed E-state index contributed by atoms with van der Waals surface area (Å²) in [6, 6.07) is 6.84. The lowest BCUT2D eigenvalue weighted by atomic mass is 9.83. The lowest BCUT2D eigenvalue weighted by Crippen LogP contribution is -2.36. The zero-order valence-corrected chi connectivity index (χ0v) is 13.9. The highest BCUT2D eigenvalue weighted by molar-refractivity contribution is 9.10. The normalized spacial score (nSPS) is 18.5. The van der Waals surface area contributed by atoms with E-state index in [1.54, 1.807) is 0 Å². The summed E-state index contributed by atoms with van der Waals surface area (Å²) in [5.74, 6) is 0.870. The topological polar surface area (TPSA) is 12.0 Å². The highest BCUT2D eigenvalue weighted by Gasteiger charge is 2.21. The van der Waals surface area contributed by atoms with Gasteiger partial charge < -0.3 is 5.32 Å². The van der Waals surface area contributed by atoms with E-state index in [2.05, 4.69) is 40.3 Å². The van der Waals surface area contributed by atoms with Crippen molar-refractivity contribution in [3.63, 3.8) is 0 Å². The van der Waals surface area contributed by atoms with Gasteiger partial charge in [0.05, 0.1) is 5.02 Å². The Morgan fingerprint density at radius 3 is 2.68 bits per heavy atom. The van der Waals surface area contributed by atoms with Crippen LogP contribution in [-0.4, -0.2) is 6.04 Å². The van der Waals surface area contributed by atoms with E-state index in [0.717, 1.165) is 22.0 Å². The van der Waals surface area contributed by atoms with Crippen molar-refractivity contribution in [2.75, 3.05) is 0 Å². The van der Waals surface area contributed by atoms with Crippen LogP contribution >= 0.6 is 27.5 Å². The van der Waals surface area contributed by atoms with Gasteiger partial charge in [-0.15, -0.1) is 0 Å². The molecular formula is C16H23BrClN. The van der Waals surface area contributed by atoms with Crippen molar-refractivity contribution in [2.24, 2.45) is 5.92 Å².